The van der Waals surface area contributed by atoms with Gasteiger partial charge in [-0.3, -0.25) is 4.79 Å². The number of hydrogen-bond acceptors (Lipinski definition) is 3. The lowest BCUT2D eigenvalue weighted by Crippen LogP contribution is -2.39. The smallest absolute Gasteiger partial charge is 0.225 e. The third-order valence-electron chi connectivity index (χ3n) is 4.50. The minimum Gasteiger partial charge on any atom is -0.390 e. The van der Waals surface area contributed by atoms with Crippen molar-refractivity contribution in [3.63, 3.8) is 0 Å². The molecule has 0 N–H and O–H groups in total. The first-order chi connectivity index (χ1) is 13.3. The molecule has 4 nitrogen and oxygen atoms in total. The van der Waals surface area contributed by atoms with Gasteiger partial charge in [0.25, 0.3) is 0 Å². The summed E-state index contributed by atoms with van der Waals surface area (Å²) in [6.07, 6.45) is -0.0264. The van der Waals surface area contributed by atoms with Gasteiger partial charge in [-0.05, 0) is 18.2 Å². The van der Waals surface area contributed by atoms with Crippen molar-refractivity contribution in [2.75, 3.05) is 6.54 Å². The number of hydrogen-bond donors (Lipinski definition) is 0. The fraction of sp³-hybridized carbons (Fsp3) is 0.333. The Morgan fingerprint density at radius 1 is 1.18 bits per heavy atom. The number of halogens is 3. The molecule has 7 heteroatoms. The van der Waals surface area contributed by atoms with E-state index in [1.54, 1.807) is 26.0 Å². The average molecular weight is 390 g/mol. The number of carbonyl (C=O) groups excluding carboxylic acids is 1. The highest BCUT2D eigenvalue weighted by Gasteiger charge is 2.28. The van der Waals surface area contributed by atoms with Crippen molar-refractivity contribution in [1.82, 2.24) is 4.90 Å². The van der Waals surface area contributed by atoms with Crippen LogP contribution in [0.15, 0.2) is 47.6 Å². The molecule has 0 aromatic heterocycles. The summed E-state index contributed by atoms with van der Waals surface area (Å²) in [4.78, 5) is 19.5. The van der Waals surface area contributed by atoms with Crippen molar-refractivity contribution in [3.8, 4) is 0 Å². The molecular formula is C21H21F3N2O2. The Labute approximate surface area is 161 Å². The van der Waals surface area contributed by atoms with E-state index in [1.165, 1.54) is 23.1 Å². The zero-order chi connectivity index (χ0) is 20.3. The van der Waals surface area contributed by atoms with Crippen LogP contribution in [0.1, 0.15) is 31.4 Å². The van der Waals surface area contributed by atoms with Crippen molar-refractivity contribution in [1.29, 1.82) is 0 Å². The number of amides is 1. The fourth-order valence-electron chi connectivity index (χ4n) is 3.06. The molecule has 0 fully saturated rings. The maximum absolute atomic E-state index is 14.0. The van der Waals surface area contributed by atoms with E-state index in [2.05, 4.69) is 5.16 Å². The highest BCUT2D eigenvalue weighted by molar-refractivity contribution is 6.01. The number of oxime groups is 1. The standard InChI is InChI=1S/C21H21F3N2O2/c1-13(2)21(27)26(11-15-6-7-17(23)9-19(15)24)12-18-10-20(25-28-18)14-4-3-5-16(22)8-14/h3-9,13,18H,10-12H2,1-2H3/t18-/m0/s1. The van der Waals surface area contributed by atoms with E-state index >= 15 is 0 Å². The minimum atomic E-state index is -0.703. The second kappa shape index (κ2) is 8.46. The predicted molar refractivity (Wildman–Crippen MR) is 99.0 cm³/mol. The lowest BCUT2D eigenvalue weighted by Gasteiger charge is -2.26. The zero-order valence-electron chi connectivity index (χ0n) is 15.7. The molecule has 1 atom stereocenters. The minimum absolute atomic E-state index is 0.00170. The first kappa shape index (κ1) is 19.9. The monoisotopic (exact) mass is 390 g/mol. The van der Waals surface area contributed by atoms with Gasteiger partial charge in [0.15, 0.2) is 6.10 Å². The first-order valence-electron chi connectivity index (χ1n) is 9.05. The summed E-state index contributed by atoms with van der Waals surface area (Å²) < 4.78 is 40.6. The maximum Gasteiger partial charge on any atom is 0.225 e. The Kier molecular flexibility index (Phi) is 6.02. The van der Waals surface area contributed by atoms with Crippen LogP contribution >= 0.6 is 0 Å². The summed E-state index contributed by atoms with van der Waals surface area (Å²) in [5.74, 6) is -2.21. The van der Waals surface area contributed by atoms with E-state index in [4.69, 9.17) is 4.84 Å². The molecule has 0 aliphatic carbocycles. The molecule has 148 valence electrons. The molecule has 1 amide bonds. The van der Waals surface area contributed by atoms with E-state index in [-0.39, 0.29) is 36.3 Å². The molecule has 3 rings (SSSR count). The molecule has 2 aromatic rings. The van der Waals surface area contributed by atoms with Gasteiger partial charge in [0.05, 0.1) is 12.3 Å². The molecule has 1 heterocycles. The summed E-state index contributed by atoms with van der Waals surface area (Å²) in [6.45, 7) is 3.69. The summed E-state index contributed by atoms with van der Waals surface area (Å²) >= 11 is 0. The van der Waals surface area contributed by atoms with Crippen LogP contribution in [-0.4, -0.2) is 29.2 Å². The summed E-state index contributed by atoms with van der Waals surface area (Å²) in [5.41, 5.74) is 1.43. The summed E-state index contributed by atoms with van der Waals surface area (Å²) in [6, 6.07) is 9.33. The number of benzene rings is 2. The van der Waals surface area contributed by atoms with Crippen molar-refractivity contribution in [2.24, 2.45) is 11.1 Å². The predicted octanol–water partition coefficient (Wildman–Crippen LogP) is 4.28. The molecule has 28 heavy (non-hydrogen) atoms. The Morgan fingerprint density at radius 3 is 2.61 bits per heavy atom. The molecule has 0 unspecified atom stereocenters. The van der Waals surface area contributed by atoms with E-state index < -0.39 is 17.7 Å². The SMILES string of the molecule is CC(C)C(=O)N(Cc1ccc(F)cc1F)C[C@@H]1CC(c2cccc(F)c2)=NO1. The molecule has 0 radical (unpaired) electrons. The van der Waals surface area contributed by atoms with Crippen molar-refractivity contribution >= 4 is 11.6 Å². The summed E-state index contributed by atoms with van der Waals surface area (Å²) in [5, 5.41) is 4.01. The lowest BCUT2D eigenvalue weighted by atomic mass is 10.0. The van der Waals surface area contributed by atoms with Gasteiger partial charge in [-0.1, -0.05) is 37.2 Å². The maximum atomic E-state index is 14.0. The van der Waals surface area contributed by atoms with Crippen molar-refractivity contribution < 1.29 is 22.8 Å². The van der Waals surface area contributed by atoms with Gasteiger partial charge in [-0.2, -0.15) is 0 Å². The van der Waals surface area contributed by atoms with Gasteiger partial charge in [0.1, 0.15) is 17.5 Å². The second-order valence-electron chi connectivity index (χ2n) is 7.09. The van der Waals surface area contributed by atoms with Gasteiger partial charge in [0.2, 0.25) is 5.91 Å². The first-order valence-corrected chi connectivity index (χ1v) is 9.05. The van der Waals surface area contributed by atoms with Crippen LogP contribution in [0.2, 0.25) is 0 Å². The highest BCUT2D eigenvalue weighted by Crippen LogP contribution is 2.21. The normalized spacial score (nSPS) is 16.1. The Hall–Kier alpha value is -2.83. The quantitative estimate of drug-likeness (QED) is 0.739. The van der Waals surface area contributed by atoms with Gasteiger partial charge < -0.3 is 9.74 Å². The summed E-state index contributed by atoms with van der Waals surface area (Å²) in [7, 11) is 0. The zero-order valence-corrected chi connectivity index (χ0v) is 15.7. The highest BCUT2D eigenvalue weighted by atomic mass is 19.1. The van der Waals surface area contributed by atoms with E-state index in [1.807, 2.05) is 0 Å². The van der Waals surface area contributed by atoms with Gasteiger partial charge in [-0.25, -0.2) is 13.2 Å². The van der Waals surface area contributed by atoms with Crippen LogP contribution in [0.4, 0.5) is 13.2 Å². The Bertz CT molecular complexity index is 899. The van der Waals surface area contributed by atoms with Crippen molar-refractivity contribution in [2.45, 2.75) is 32.9 Å². The van der Waals surface area contributed by atoms with Crippen molar-refractivity contribution in [3.05, 3.63) is 71.0 Å². The van der Waals surface area contributed by atoms with E-state index in [0.29, 0.717) is 17.7 Å². The van der Waals surface area contributed by atoms with Crippen LogP contribution in [0.3, 0.4) is 0 Å². The fourth-order valence-corrected chi connectivity index (χ4v) is 3.06. The molecule has 2 aromatic carbocycles. The van der Waals surface area contributed by atoms with Gasteiger partial charge >= 0.3 is 0 Å². The number of carbonyl (C=O) groups is 1. The molecule has 0 bridgehead atoms. The third-order valence-corrected chi connectivity index (χ3v) is 4.50. The average Bonchev–Trinajstić information content (AvgIpc) is 3.11. The molecule has 0 saturated carbocycles. The topological polar surface area (TPSA) is 41.9 Å². The molecule has 1 aliphatic rings. The van der Waals surface area contributed by atoms with Crippen LogP contribution in [-0.2, 0) is 16.2 Å². The molecule has 1 aliphatic heterocycles. The molecule has 0 spiro atoms. The number of nitrogens with zero attached hydrogens (tertiary/aromatic N) is 2. The Morgan fingerprint density at radius 2 is 1.93 bits per heavy atom. The lowest BCUT2D eigenvalue weighted by molar-refractivity contribution is -0.137. The van der Waals surface area contributed by atoms with Crippen LogP contribution in [0, 0.1) is 23.4 Å². The van der Waals surface area contributed by atoms with Gasteiger partial charge in [0, 0.05) is 36.1 Å². The van der Waals surface area contributed by atoms with Crippen LogP contribution in [0.5, 0.6) is 0 Å². The number of rotatable bonds is 6. The largest absolute Gasteiger partial charge is 0.390 e. The van der Waals surface area contributed by atoms with Gasteiger partial charge in [-0.15, -0.1) is 0 Å². The van der Waals surface area contributed by atoms with E-state index in [9.17, 15) is 18.0 Å². The second-order valence-corrected chi connectivity index (χ2v) is 7.09. The Balaban J connectivity index is 1.71. The van der Waals surface area contributed by atoms with Crippen LogP contribution < -0.4 is 0 Å². The molecule has 0 saturated heterocycles. The van der Waals surface area contributed by atoms with E-state index in [0.717, 1.165) is 12.1 Å². The van der Waals surface area contributed by atoms with Crippen LogP contribution in [0.25, 0.3) is 0 Å². The molecular weight excluding hydrogens is 369 g/mol. The third kappa shape index (κ3) is 4.71.